The van der Waals surface area contributed by atoms with E-state index in [-0.39, 0.29) is 0 Å². The molecule has 1 aliphatic heterocycles. The third-order valence-electron chi connectivity index (χ3n) is 4.76. The molecule has 0 aromatic heterocycles. The molecule has 1 unspecified atom stereocenters. The maximum Gasteiger partial charge on any atom is 0.0916 e. The molecule has 0 amide bonds. The zero-order valence-corrected chi connectivity index (χ0v) is 14.1. The molecule has 2 aromatic rings. The van der Waals surface area contributed by atoms with E-state index in [9.17, 15) is 5.11 Å². The summed E-state index contributed by atoms with van der Waals surface area (Å²) < 4.78 is 0. The lowest BCUT2D eigenvalue weighted by molar-refractivity contribution is 0.0893. The van der Waals surface area contributed by atoms with Crippen LogP contribution in [0.15, 0.2) is 54.6 Å². The zero-order chi connectivity index (χ0) is 16.1. The Morgan fingerprint density at radius 1 is 1.00 bits per heavy atom. The van der Waals surface area contributed by atoms with Gasteiger partial charge in [-0.25, -0.2) is 0 Å². The average molecular weight is 330 g/mol. The largest absolute Gasteiger partial charge is 0.387 e. The second kappa shape index (κ2) is 7.96. The first kappa shape index (κ1) is 16.5. The number of aliphatic hydroxyl groups excluding tert-OH is 1. The predicted octanol–water partition coefficient (Wildman–Crippen LogP) is 4.33. The van der Waals surface area contributed by atoms with Crippen molar-refractivity contribution in [3.63, 3.8) is 0 Å². The van der Waals surface area contributed by atoms with Crippen LogP contribution in [0.5, 0.6) is 0 Å². The van der Waals surface area contributed by atoms with Gasteiger partial charge in [0.25, 0.3) is 0 Å². The van der Waals surface area contributed by atoms with E-state index in [4.69, 9.17) is 11.6 Å². The van der Waals surface area contributed by atoms with Crippen LogP contribution >= 0.6 is 11.6 Å². The van der Waals surface area contributed by atoms with Gasteiger partial charge in [-0.1, -0.05) is 54.1 Å². The first-order valence-corrected chi connectivity index (χ1v) is 8.78. The number of rotatable bonds is 5. The normalized spacial score (nSPS) is 18.0. The van der Waals surface area contributed by atoms with E-state index in [1.165, 1.54) is 24.8 Å². The third kappa shape index (κ3) is 4.81. The third-order valence-corrected chi connectivity index (χ3v) is 5.01. The number of halogens is 1. The second-order valence-electron chi connectivity index (χ2n) is 6.50. The van der Waals surface area contributed by atoms with Gasteiger partial charge in [-0.2, -0.15) is 0 Å². The smallest absolute Gasteiger partial charge is 0.0916 e. The van der Waals surface area contributed by atoms with Crippen molar-refractivity contribution >= 4 is 11.6 Å². The van der Waals surface area contributed by atoms with E-state index in [0.717, 1.165) is 24.6 Å². The summed E-state index contributed by atoms with van der Waals surface area (Å²) in [5, 5.41) is 11.1. The van der Waals surface area contributed by atoms with E-state index >= 15 is 0 Å². The molecule has 1 fully saturated rings. The summed E-state index contributed by atoms with van der Waals surface area (Å²) in [6.45, 7) is 2.85. The summed E-state index contributed by atoms with van der Waals surface area (Å²) in [6, 6.07) is 18.3. The van der Waals surface area contributed by atoms with Gasteiger partial charge in [-0.05, 0) is 61.5 Å². The van der Waals surface area contributed by atoms with Gasteiger partial charge in [0, 0.05) is 11.6 Å². The number of nitrogens with zero attached hydrogens (tertiary/aromatic N) is 1. The van der Waals surface area contributed by atoms with E-state index in [2.05, 4.69) is 35.2 Å². The van der Waals surface area contributed by atoms with Gasteiger partial charge in [-0.3, -0.25) is 0 Å². The number of aliphatic hydroxyl groups is 1. The van der Waals surface area contributed by atoms with Crippen molar-refractivity contribution in [2.45, 2.75) is 25.4 Å². The lowest BCUT2D eigenvalue weighted by atomic mass is 9.90. The summed E-state index contributed by atoms with van der Waals surface area (Å²) in [6.07, 6.45) is 3.16. The van der Waals surface area contributed by atoms with Gasteiger partial charge in [0.2, 0.25) is 0 Å². The number of piperidine rings is 1. The Labute approximate surface area is 143 Å². The Hall–Kier alpha value is -1.35. The molecular formula is C20H24ClNO. The highest BCUT2D eigenvalue weighted by atomic mass is 35.5. The van der Waals surface area contributed by atoms with Gasteiger partial charge in [0.1, 0.15) is 0 Å². The molecule has 0 spiro atoms. The summed E-state index contributed by atoms with van der Waals surface area (Å²) in [4.78, 5) is 2.38. The van der Waals surface area contributed by atoms with Crippen molar-refractivity contribution in [1.29, 1.82) is 0 Å². The summed E-state index contributed by atoms with van der Waals surface area (Å²) in [5.74, 6) is 0.765. The standard InChI is InChI=1S/C20H24ClNO/c21-19-8-6-18(7-9-19)20(23)15-22-12-10-17(11-13-22)14-16-4-2-1-3-5-16/h1-9,17,20,23H,10-15H2. The fourth-order valence-corrected chi connectivity index (χ4v) is 3.48. The average Bonchev–Trinajstić information content (AvgIpc) is 2.58. The molecule has 1 N–H and O–H groups in total. The lowest BCUT2D eigenvalue weighted by Gasteiger charge is -2.33. The highest BCUT2D eigenvalue weighted by Gasteiger charge is 2.21. The minimum absolute atomic E-state index is 0.432. The van der Waals surface area contributed by atoms with Gasteiger partial charge in [0.15, 0.2) is 0 Å². The van der Waals surface area contributed by atoms with Gasteiger partial charge in [0.05, 0.1) is 6.10 Å². The van der Waals surface area contributed by atoms with E-state index in [0.29, 0.717) is 11.6 Å². The highest BCUT2D eigenvalue weighted by Crippen LogP contribution is 2.24. The molecule has 1 heterocycles. The van der Waals surface area contributed by atoms with Crippen LogP contribution in [0.4, 0.5) is 0 Å². The van der Waals surface area contributed by atoms with Crippen molar-refractivity contribution < 1.29 is 5.11 Å². The molecule has 0 aliphatic carbocycles. The molecule has 122 valence electrons. The van der Waals surface area contributed by atoms with E-state index < -0.39 is 6.10 Å². The number of hydrogen-bond acceptors (Lipinski definition) is 2. The fraction of sp³-hybridized carbons (Fsp3) is 0.400. The first-order valence-electron chi connectivity index (χ1n) is 8.40. The van der Waals surface area contributed by atoms with Crippen LogP contribution in [0, 0.1) is 5.92 Å². The van der Waals surface area contributed by atoms with Crippen LogP contribution in [-0.2, 0) is 6.42 Å². The molecule has 3 heteroatoms. The summed E-state index contributed by atoms with van der Waals surface area (Å²) in [7, 11) is 0. The maximum absolute atomic E-state index is 10.4. The van der Waals surface area contributed by atoms with Crippen LogP contribution < -0.4 is 0 Å². The summed E-state index contributed by atoms with van der Waals surface area (Å²) >= 11 is 5.90. The SMILES string of the molecule is OC(CN1CCC(Cc2ccccc2)CC1)c1ccc(Cl)cc1. The molecule has 1 aliphatic rings. The number of benzene rings is 2. The van der Waals surface area contributed by atoms with E-state index in [1.807, 2.05) is 24.3 Å². The Balaban J connectivity index is 1.46. The zero-order valence-electron chi connectivity index (χ0n) is 13.4. The molecule has 2 nitrogen and oxygen atoms in total. The monoisotopic (exact) mass is 329 g/mol. The molecule has 2 aromatic carbocycles. The summed E-state index contributed by atoms with van der Waals surface area (Å²) in [5.41, 5.74) is 2.38. The fourth-order valence-electron chi connectivity index (χ4n) is 3.36. The van der Waals surface area contributed by atoms with Crippen molar-refractivity contribution in [2.24, 2.45) is 5.92 Å². The van der Waals surface area contributed by atoms with Crippen molar-refractivity contribution in [2.75, 3.05) is 19.6 Å². The molecule has 0 saturated carbocycles. The molecule has 0 radical (unpaired) electrons. The van der Waals surface area contributed by atoms with Gasteiger partial charge < -0.3 is 10.0 Å². The van der Waals surface area contributed by atoms with Crippen LogP contribution in [0.3, 0.4) is 0 Å². The van der Waals surface area contributed by atoms with Crippen LogP contribution in [-0.4, -0.2) is 29.6 Å². The minimum atomic E-state index is -0.432. The van der Waals surface area contributed by atoms with Crippen molar-refractivity contribution in [3.05, 3.63) is 70.7 Å². The van der Waals surface area contributed by atoms with Crippen molar-refractivity contribution in [3.8, 4) is 0 Å². The Bertz CT molecular complexity index is 591. The lowest BCUT2D eigenvalue weighted by Crippen LogP contribution is -2.37. The Kier molecular flexibility index (Phi) is 5.71. The van der Waals surface area contributed by atoms with Crippen molar-refractivity contribution in [1.82, 2.24) is 4.90 Å². The molecule has 23 heavy (non-hydrogen) atoms. The Morgan fingerprint density at radius 2 is 1.65 bits per heavy atom. The molecular weight excluding hydrogens is 306 g/mol. The second-order valence-corrected chi connectivity index (χ2v) is 6.94. The predicted molar refractivity (Wildman–Crippen MR) is 95.7 cm³/mol. The van der Waals surface area contributed by atoms with Gasteiger partial charge in [-0.15, -0.1) is 0 Å². The van der Waals surface area contributed by atoms with Crippen LogP contribution in [0.25, 0.3) is 0 Å². The maximum atomic E-state index is 10.4. The molecule has 1 atom stereocenters. The first-order chi connectivity index (χ1) is 11.2. The highest BCUT2D eigenvalue weighted by molar-refractivity contribution is 6.30. The molecule has 3 rings (SSSR count). The number of hydrogen-bond donors (Lipinski definition) is 1. The van der Waals surface area contributed by atoms with E-state index in [1.54, 1.807) is 0 Å². The molecule has 0 bridgehead atoms. The van der Waals surface area contributed by atoms with Gasteiger partial charge >= 0.3 is 0 Å². The quantitative estimate of drug-likeness (QED) is 0.882. The number of likely N-dealkylation sites (tertiary alicyclic amines) is 1. The topological polar surface area (TPSA) is 23.5 Å². The van der Waals surface area contributed by atoms with Crippen LogP contribution in [0.2, 0.25) is 5.02 Å². The number of β-amino-alcohol motifs (C(OH)–C–C–N with tert-alkyl or cyclic N) is 1. The van der Waals surface area contributed by atoms with Crippen LogP contribution in [0.1, 0.15) is 30.1 Å². The molecule has 1 saturated heterocycles. The minimum Gasteiger partial charge on any atom is -0.387 e. The Morgan fingerprint density at radius 3 is 2.30 bits per heavy atom.